The summed E-state index contributed by atoms with van der Waals surface area (Å²) in [5.74, 6) is 0.968. The van der Waals surface area contributed by atoms with E-state index in [1.807, 2.05) is 6.07 Å². The Morgan fingerprint density at radius 3 is 3.05 bits per heavy atom. The molecule has 7 nitrogen and oxygen atoms in total. The van der Waals surface area contributed by atoms with Crippen LogP contribution in [0.15, 0.2) is 27.7 Å². The minimum absolute atomic E-state index is 0.0511. The zero-order valence-corrected chi connectivity index (χ0v) is 10.9. The third-order valence-corrected chi connectivity index (χ3v) is 2.42. The van der Waals surface area contributed by atoms with E-state index >= 15 is 0 Å². The quantitative estimate of drug-likeness (QED) is 0.651. The van der Waals surface area contributed by atoms with Gasteiger partial charge in [-0.1, -0.05) is 0 Å². The Balaban J connectivity index is 2.12. The van der Waals surface area contributed by atoms with Crippen LogP contribution >= 0.6 is 0 Å². The van der Waals surface area contributed by atoms with Crippen molar-refractivity contribution in [3.05, 3.63) is 35.3 Å². The van der Waals surface area contributed by atoms with Gasteiger partial charge >= 0.3 is 0 Å². The van der Waals surface area contributed by atoms with Crippen molar-refractivity contribution in [3.8, 4) is 17.6 Å². The number of hydrogen-bond donors (Lipinski definition) is 2. The number of nitriles is 1. The van der Waals surface area contributed by atoms with E-state index in [4.69, 9.17) is 14.4 Å². The molecule has 2 aromatic rings. The zero-order chi connectivity index (χ0) is 14.5. The molecule has 7 heteroatoms. The van der Waals surface area contributed by atoms with Gasteiger partial charge in [0.05, 0.1) is 13.3 Å². The van der Waals surface area contributed by atoms with Crippen LogP contribution in [0, 0.1) is 18.3 Å². The number of benzene rings is 1. The van der Waals surface area contributed by atoms with Crippen molar-refractivity contribution in [3.63, 3.8) is 0 Å². The third kappa shape index (κ3) is 2.87. The lowest BCUT2D eigenvalue weighted by molar-refractivity contribution is 0.373. The second-order valence-electron chi connectivity index (χ2n) is 3.82. The summed E-state index contributed by atoms with van der Waals surface area (Å²) >= 11 is 0. The van der Waals surface area contributed by atoms with Crippen molar-refractivity contribution in [2.24, 2.45) is 5.10 Å². The average molecular weight is 272 g/mol. The van der Waals surface area contributed by atoms with Gasteiger partial charge in [-0.25, -0.2) is 10.4 Å². The molecule has 0 atom stereocenters. The summed E-state index contributed by atoms with van der Waals surface area (Å²) in [6, 6.07) is 6.68. The van der Waals surface area contributed by atoms with Crippen LogP contribution in [0.25, 0.3) is 0 Å². The molecule has 0 bridgehead atoms. The first-order valence-corrected chi connectivity index (χ1v) is 5.67. The van der Waals surface area contributed by atoms with E-state index in [0.29, 0.717) is 17.2 Å². The molecule has 0 aliphatic rings. The molecule has 2 rings (SSSR count). The van der Waals surface area contributed by atoms with Gasteiger partial charge < -0.3 is 14.3 Å². The second kappa shape index (κ2) is 5.75. The summed E-state index contributed by atoms with van der Waals surface area (Å²) in [5.41, 5.74) is 3.45. The van der Waals surface area contributed by atoms with E-state index in [2.05, 4.69) is 15.5 Å². The number of nitrogens with zero attached hydrogens (tertiary/aromatic N) is 3. The number of hydrazone groups is 1. The molecular formula is C13H12N4O3. The monoisotopic (exact) mass is 272 g/mol. The summed E-state index contributed by atoms with van der Waals surface area (Å²) < 4.78 is 10.2. The number of aryl methyl sites for hydroxylation is 1. The molecule has 1 aromatic heterocycles. The van der Waals surface area contributed by atoms with Gasteiger partial charge in [0.1, 0.15) is 6.07 Å². The predicted molar refractivity (Wildman–Crippen MR) is 71.8 cm³/mol. The number of phenolic OH excluding ortho intramolecular Hbond substituents is 1. The number of phenols is 1. The van der Waals surface area contributed by atoms with Gasteiger partial charge in [0.25, 0.3) is 5.88 Å². The topological polar surface area (TPSA) is 104 Å². The van der Waals surface area contributed by atoms with E-state index in [1.165, 1.54) is 19.4 Å². The molecule has 20 heavy (non-hydrogen) atoms. The summed E-state index contributed by atoms with van der Waals surface area (Å²) in [5, 5.41) is 22.2. The Morgan fingerprint density at radius 2 is 2.35 bits per heavy atom. The molecule has 1 heterocycles. The maximum Gasteiger partial charge on any atom is 0.252 e. The van der Waals surface area contributed by atoms with E-state index in [0.717, 1.165) is 0 Å². The van der Waals surface area contributed by atoms with Crippen LogP contribution in [-0.4, -0.2) is 23.4 Å². The number of aromatic nitrogens is 1. The van der Waals surface area contributed by atoms with Gasteiger partial charge in [0.2, 0.25) is 5.69 Å². The summed E-state index contributed by atoms with van der Waals surface area (Å²) in [6.45, 7) is 1.64. The minimum Gasteiger partial charge on any atom is -0.504 e. The number of anilines is 1. The maximum absolute atomic E-state index is 9.47. The molecule has 0 saturated heterocycles. The molecule has 2 N–H and O–H groups in total. The van der Waals surface area contributed by atoms with Crippen molar-refractivity contribution in [2.45, 2.75) is 6.92 Å². The highest BCUT2D eigenvalue weighted by molar-refractivity contribution is 5.81. The Morgan fingerprint density at radius 1 is 1.55 bits per heavy atom. The van der Waals surface area contributed by atoms with Gasteiger partial charge in [-0.05, 0) is 23.8 Å². The van der Waals surface area contributed by atoms with E-state index in [-0.39, 0.29) is 17.3 Å². The fraction of sp³-hybridized carbons (Fsp3) is 0.154. The number of methoxy groups -OCH3 is 1. The van der Waals surface area contributed by atoms with Crippen LogP contribution in [0.3, 0.4) is 0 Å². The molecule has 0 aliphatic carbocycles. The van der Waals surface area contributed by atoms with Crippen LogP contribution in [0.2, 0.25) is 0 Å². The molecule has 1 aromatic carbocycles. The van der Waals surface area contributed by atoms with Crippen molar-refractivity contribution in [2.75, 3.05) is 12.5 Å². The second-order valence-corrected chi connectivity index (χ2v) is 3.82. The number of rotatable bonds is 4. The minimum atomic E-state index is 0.0511. The molecule has 0 amide bonds. The first-order chi connectivity index (χ1) is 9.63. The standard InChI is InChI=1S/C13H12N4O3/c1-8-16-10(6-14)13(20-8)17-15-7-9-3-4-11(18)12(5-9)19-2/h3-5,7,17-18H,1-2H3. The van der Waals surface area contributed by atoms with E-state index < -0.39 is 0 Å². The Kier molecular flexibility index (Phi) is 3.86. The van der Waals surface area contributed by atoms with Crippen molar-refractivity contribution in [1.29, 1.82) is 5.26 Å². The van der Waals surface area contributed by atoms with Gasteiger partial charge in [-0.3, -0.25) is 0 Å². The molecular weight excluding hydrogens is 260 g/mol. The number of nitrogens with one attached hydrogen (secondary N) is 1. The normalized spacial score (nSPS) is 10.4. The highest BCUT2D eigenvalue weighted by atomic mass is 16.5. The van der Waals surface area contributed by atoms with Gasteiger partial charge in [0, 0.05) is 6.92 Å². The average Bonchev–Trinajstić information content (AvgIpc) is 2.81. The smallest absolute Gasteiger partial charge is 0.252 e. The molecule has 0 radical (unpaired) electrons. The van der Waals surface area contributed by atoms with Crippen molar-refractivity contribution in [1.82, 2.24) is 4.98 Å². The van der Waals surface area contributed by atoms with Gasteiger partial charge in [0.15, 0.2) is 17.4 Å². The largest absolute Gasteiger partial charge is 0.504 e. The van der Waals surface area contributed by atoms with Gasteiger partial charge in [-0.2, -0.15) is 10.4 Å². The van der Waals surface area contributed by atoms with Crippen LogP contribution in [0.5, 0.6) is 11.5 Å². The molecule has 0 spiro atoms. The maximum atomic E-state index is 9.47. The number of hydrogen-bond acceptors (Lipinski definition) is 7. The lowest BCUT2D eigenvalue weighted by Gasteiger charge is -2.03. The summed E-state index contributed by atoms with van der Waals surface area (Å²) in [6.07, 6.45) is 1.50. The van der Waals surface area contributed by atoms with Crippen molar-refractivity contribution < 1.29 is 14.3 Å². The van der Waals surface area contributed by atoms with Crippen LogP contribution in [0.1, 0.15) is 17.1 Å². The van der Waals surface area contributed by atoms with Crippen LogP contribution in [-0.2, 0) is 0 Å². The lowest BCUT2D eigenvalue weighted by atomic mass is 10.2. The van der Waals surface area contributed by atoms with E-state index in [9.17, 15) is 5.11 Å². The van der Waals surface area contributed by atoms with Crippen LogP contribution < -0.4 is 10.2 Å². The fourth-order valence-corrected chi connectivity index (χ4v) is 1.52. The predicted octanol–water partition coefficient (Wildman–Crippen LogP) is 2.01. The third-order valence-electron chi connectivity index (χ3n) is 2.42. The lowest BCUT2D eigenvalue weighted by Crippen LogP contribution is -1.92. The molecule has 0 saturated carbocycles. The molecule has 0 aliphatic heterocycles. The Labute approximate surface area is 115 Å². The molecule has 0 unspecified atom stereocenters. The van der Waals surface area contributed by atoms with Gasteiger partial charge in [-0.15, -0.1) is 0 Å². The zero-order valence-electron chi connectivity index (χ0n) is 10.9. The highest BCUT2D eigenvalue weighted by Crippen LogP contribution is 2.25. The fourth-order valence-electron chi connectivity index (χ4n) is 1.52. The SMILES string of the molecule is COc1cc(C=NNc2oc(C)nc2C#N)ccc1O. The van der Waals surface area contributed by atoms with E-state index in [1.54, 1.807) is 19.1 Å². The Hall–Kier alpha value is -3.01. The number of aromatic hydroxyl groups is 1. The first kappa shape index (κ1) is 13.4. The molecule has 102 valence electrons. The van der Waals surface area contributed by atoms with Crippen LogP contribution in [0.4, 0.5) is 5.88 Å². The number of ether oxygens (including phenoxy) is 1. The number of oxazole rings is 1. The summed E-state index contributed by atoms with van der Waals surface area (Å²) in [7, 11) is 1.46. The molecule has 0 fully saturated rings. The Bertz CT molecular complexity index is 685. The first-order valence-electron chi connectivity index (χ1n) is 5.67. The van der Waals surface area contributed by atoms with Crippen molar-refractivity contribution >= 4 is 12.1 Å². The highest BCUT2D eigenvalue weighted by Gasteiger charge is 2.08. The summed E-state index contributed by atoms with van der Waals surface area (Å²) in [4.78, 5) is 3.88.